The highest BCUT2D eigenvalue weighted by atomic mass is 16.3. The monoisotopic (exact) mass is 276 g/mol. The second-order valence-electron chi connectivity index (χ2n) is 6.05. The Bertz CT molecular complexity index is 458. The van der Waals surface area contributed by atoms with Gasteiger partial charge in [-0.3, -0.25) is 4.90 Å². The van der Waals surface area contributed by atoms with E-state index in [0.717, 1.165) is 44.6 Å². The molecule has 110 valence electrons. The molecule has 1 aromatic rings. The molecule has 1 aromatic carbocycles. The number of phenolic OH excluding ortho intramolecular Hbond substituents is 2. The molecule has 1 heterocycles. The summed E-state index contributed by atoms with van der Waals surface area (Å²) in [5.41, 5.74) is 1.00. The third-order valence-corrected chi connectivity index (χ3v) is 4.77. The quantitative estimate of drug-likeness (QED) is 0.773. The van der Waals surface area contributed by atoms with Gasteiger partial charge in [-0.15, -0.1) is 0 Å². The van der Waals surface area contributed by atoms with E-state index in [2.05, 4.69) is 10.2 Å². The number of hydrogen-bond acceptors (Lipinski definition) is 4. The van der Waals surface area contributed by atoms with Crippen molar-refractivity contribution >= 4 is 0 Å². The molecule has 20 heavy (non-hydrogen) atoms. The summed E-state index contributed by atoms with van der Waals surface area (Å²) in [5, 5.41) is 22.9. The molecule has 1 saturated heterocycles. The lowest BCUT2D eigenvalue weighted by Crippen LogP contribution is -2.49. The summed E-state index contributed by atoms with van der Waals surface area (Å²) < 4.78 is 0. The van der Waals surface area contributed by atoms with Gasteiger partial charge in [-0.25, -0.2) is 0 Å². The first-order valence-electron chi connectivity index (χ1n) is 7.70. The van der Waals surface area contributed by atoms with Crippen LogP contribution in [0.4, 0.5) is 0 Å². The average molecular weight is 276 g/mol. The second-order valence-corrected chi connectivity index (χ2v) is 6.05. The zero-order valence-electron chi connectivity index (χ0n) is 11.9. The summed E-state index contributed by atoms with van der Waals surface area (Å²) in [6.45, 7) is 4.45. The molecule has 0 spiro atoms. The summed E-state index contributed by atoms with van der Waals surface area (Å²) >= 11 is 0. The fraction of sp³-hybridized carbons (Fsp3) is 0.625. The van der Waals surface area contributed by atoms with Crippen LogP contribution in [0.3, 0.4) is 0 Å². The zero-order chi connectivity index (χ0) is 13.9. The van der Waals surface area contributed by atoms with Crippen molar-refractivity contribution < 1.29 is 10.2 Å². The van der Waals surface area contributed by atoms with Crippen LogP contribution in [0.1, 0.15) is 37.2 Å². The van der Waals surface area contributed by atoms with Crippen molar-refractivity contribution in [3.63, 3.8) is 0 Å². The van der Waals surface area contributed by atoms with Crippen LogP contribution >= 0.6 is 0 Å². The molecule has 1 aliphatic carbocycles. The molecular weight excluding hydrogens is 252 g/mol. The van der Waals surface area contributed by atoms with Crippen LogP contribution in [-0.4, -0.2) is 47.3 Å². The highest BCUT2D eigenvalue weighted by Gasteiger charge is 2.29. The average Bonchev–Trinajstić information content (AvgIpc) is 2.48. The van der Waals surface area contributed by atoms with Gasteiger partial charge in [0.2, 0.25) is 0 Å². The predicted molar refractivity (Wildman–Crippen MR) is 79.2 cm³/mol. The molecule has 2 aliphatic rings. The first kappa shape index (κ1) is 13.7. The molecule has 0 amide bonds. The smallest absolute Gasteiger partial charge is 0.122 e. The van der Waals surface area contributed by atoms with Gasteiger partial charge in [-0.1, -0.05) is 12.5 Å². The number of aromatic hydroxyl groups is 2. The van der Waals surface area contributed by atoms with E-state index in [1.165, 1.54) is 18.9 Å². The molecule has 0 radical (unpaired) electrons. The zero-order valence-corrected chi connectivity index (χ0v) is 11.9. The molecule has 2 fully saturated rings. The fourth-order valence-electron chi connectivity index (χ4n) is 3.70. The number of hydrogen-bond donors (Lipinski definition) is 3. The Balaban J connectivity index is 1.71. The van der Waals surface area contributed by atoms with Crippen LogP contribution < -0.4 is 5.32 Å². The maximum atomic E-state index is 10.1. The Morgan fingerprint density at radius 1 is 1.10 bits per heavy atom. The minimum Gasteiger partial charge on any atom is -0.508 e. The van der Waals surface area contributed by atoms with Gasteiger partial charge in [0.25, 0.3) is 0 Å². The third kappa shape index (κ3) is 2.91. The third-order valence-electron chi connectivity index (χ3n) is 4.77. The second kappa shape index (κ2) is 6.02. The molecule has 3 N–H and O–H groups in total. The van der Waals surface area contributed by atoms with E-state index in [9.17, 15) is 10.2 Å². The molecule has 1 saturated carbocycles. The van der Waals surface area contributed by atoms with Crippen molar-refractivity contribution in [2.75, 3.05) is 26.2 Å². The van der Waals surface area contributed by atoms with Gasteiger partial charge in [0.15, 0.2) is 0 Å². The maximum absolute atomic E-state index is 10.1. The highest BCUT2D eigenvalue weighted by molar-refractivity contribution is 5.41. The van der Waals surface area contributed by atoms with Crippen molar-refractivity contribution in [3.05, 3.63) is 23.8 Å². The van der Waals surface area contributed by atoms with Crippen LogP contribution in [-0.2, 0) is 0 Å². The number of piperazine rings is 1. The van der Waals surface area contributed by atoms with Crippen molar-refractivity contribution in [2.45, 2.75) is 37.6 Å². The Labute approximate surface area is 120 Å². The van der Waals surface area contributed by atoms with Crippen LogP contribution in [0.15, 0.2) is 18.2 Å². The lowest BCUT2D eigenvalue weighted by molar-refractivity contribution is 0.130. The Hall–Kier alpha value is -1.26. The van der Waals surface area contributed by atoms with E-state index in [0.29, 0.717) is 12.0 Å². The van der Waals surface area contributed by atoms with Crippen molar-refractivity contribution in [1.29, 1.82) is 0 Å². The molecule has 4 nitrogen and oxygen atoms in total. The van der Waals surface area contributed by atoms with Crippen LogP contribution in [0, 0.1) is 0 Å². The van der Waals surface area contributed by atoms with Crippen LogP contribution in [0.25, 0.3) is 0 Å². The van der Waals surface area contributed by atoms with Crippen LogP contribution in [0.2, 0.25) is 0 Å². The van der Waals surface area contributed by atoms with E-state index >= 15 is 0 Å². The number of benzene rings is 1. The lowest BCUT2D eigenvalue weighted by Gasteiger charge is -2.39. The van der Waals surface area contributed by atoms with Crippen molar-refractivity contribution in [1.82, 2.24) is 10.2 Å². The van der Waals surface area contributed by atoms with Gasteiger partial charge in [0.05, 0.1) is 0 Å². The number of nitrogens with zero attached hydrogens (tertiary/aromatic N) is 1. The fourth-order valence-corrected chi connectivity index (χ4v) is 3.70. The first-order valence-corrected chi connectivity index (χ1v) is 7.70. The predicted octanol–water partition coefficient (Wildman–Crippen LogP) is 2.03. The minimum atomic E-state index is 0.140. The van der Waals surface area contributed by atoms with Crippen molar-refractivity contribution in [3.8, 4) is 11.5 Å². The van der Waals surface area contributed by atoms with E-state index in [-0.39, 0.29) is 11.5 Å². The largest absolute Gasteiger partial charge is 0.508 e. The molecule has 2 atom stereocenters. The normalized spacial score (nSPS) is 28.4. The molecule has 1 aliphatic heterocycles. The molecule has 0 bridgehead atoms. The van der Waals surface area contributed by atoms with Gasteiger partial charge < -0.3 is 15.5 Å². The number of rotatable bonds is 2. The van der Waals surface area contributed by atoms with Crippen LogP contribution in [0.5, 0.6) is 11.5 Å². The minimum absolute atomic E-state index is 0.140. The first-order chi connectivity index (χ1) is 9.74. The summed E-state index contributed by atoms with van der Waals surface area (Å²) in [4.78, 5) is 2.60. The maximum Gasteiger partial charge on any atom is 0.122 e. The van der Waals surface area contributed by atoms with Gasteiger partial charge in [0, 0.05) is 38.3 Å². The van der Waals surface area contributed by atoms with Gasteiger partial charge in [-0.05, 0) is 36.8 Å². The van der Waals surface area contributed by atoms with Gasteiger partial charge in [-0.2, -0.15) is 0 Å². The summed E-state index contributed by atoms with van der Waals surface area (Å²) in [6.07, 6.45) is 4.76. The lowest BCUT2D eigenvalue weighted by atomic mass is 9.80. The van der Waals surface area contributed by atoms with E-state index in [1.54, 1.807) is 6.07 Å². The van der Waals surface area contributed by atoms with E-state index in [1.807, 2.05) is 6.07 Å². The Kier molecular flexibility index (Phi) is 4.13. The van der Waals surface area contributed by atoms with Gasteiger partial charge in [0.1, 0.15) is 11.5 Å². The molecular formula is C16H24N2O2. The van der Waals surface area contributed by atoms with E-state index in [4.69, 9.17) is 0 Å². The summed E-state index contributed by atoms with van der Waals surface area (Å²) in [5.74, 6) is 0.806. The molecule has 2 unspecified atom stereocenters. The topological polar surface area (TPSA) is 55.7 Å². The highest BCUT2D eigenvalue weighted by Crippen LogP contribution is 2.39. The number of phenols is 2. The molecule has 0 aromatic heterocycles. The van der Waals surface area contributed by atoms with Gasteiger partial charge >= 0.3 is 0 Å². The summed E-state index contributed by atoms with van der Waals surface area (Å²) in [7, 11) is 0. The SMILES string of the molecule is Oc1ccc(C2CCCC(N3CCNCC3)C2)c(O)c1. The standard InChI is InChI=1S/C16H24N2O2/c19-14-4-5-15(16(20)11-14)12-2-1-3-13(10-12)18-8-6-17-7-9-18/h4-5,11-13,17,19-20H,1-3,6-10H2. The number of nitrogens with one attached hydrogen (secondary N) is 1. The Morgan fingerprint density at radius 2 is 1.90 bits per heavy atom. The molecule has 3 rings (SSSR count). The molecule has 4 heteroatoms. The Morgan fingerprint density at radius 3 is 2.65 bits per heavy atom. The van der Waals surface area contributed by atoms with E-state index < -0.39 is 0 Å². The summed E-state index contributed by atoms with van der Waals surface area (Å²) in [6, 6.07) is 5.67. The van der Waals surface area contributed by atoms with Crippen molar-refractivity contribution in [2.24, 2.45) is 0 Å².